The molecule has 0 saturated carbocycles. The first-order valence-electron chi connectivity index (χ1n) is 6.50. The van der Waals surface area contributed by atoms with Crippen LogP contribution in [-0.4, -0.2) is 6.61 Å². The van der Waals surface area contributed by atoms with E-state index in [0.717, 1.165) is 23.6 Å². The molecule has 110 valence electrons. The maximum atomic E-state index is 12.9. The van der Waals surface area contributed by atoms with Crippen molar-refractivity contribution in [1.82, 2.24) is 0 Å². The molecule has 0 fully saturated rings. The Morgan fingerprint density at radius 1 is 1.30 bits per heavy atom. The van der Waals surface area contributed by atoms with Crippen LogP contribution >= 0.6 is 0 Å². The Morgan fingerprint density at radius 2 is 2.00 bits per heavy atom. The van der Waals surface area contributed by atoms with E-state index in [0.29, 0.717) is 0 Å². The summed E-state index contributed by atoms with van der Waals surface area (Å²) in [7, 11) is 0. The van der Waals surface area contributed by atoms with Gasteiger partial charge in [0.1, 0.15) is 12.4 Å². The molecule has 1 rings (SSSR count). The van der Waals surface area contributed by atoms with E-state index in [1.807, 2.05) is 32.1 Å². The number of ether oxygens (including phenoxy) is 1. The third kappa shape index (κ3) is 4.76. The molecule has 0 amide bonds. The predicted octanol–water partition coefficient (Wildman–Crippen LogP) is 5.31. The minimum Gasteiger partial charge on any atom is -0.488 e. The van der Waals surface area contributed by atoms with Gasteiger partial charge < -0.3 is 4.74 Å². The van der Waals surface area contributed by atoms with Crippen molar-refractivity contribution in [2.24, 2.45) is 0 Å². The van der Waals surface area contributed by atoms with Gasteiger partial charge in [0, 0.05) is 0 Å². The van der Waals surface area contributed by atoms with Gasteiger partial charge in [0.2, 0.25) is 0 Å². The lowest BCUT2D eigenvalue weighted by molar-refractivity contribution is -0.138. The van der Waals surface area contributed by atoms with Crippen LogP contribution in [0.4, 0.5) is 13.2 Å². The van der Waals surface area contributed by atoms with Gasteiger partial charge in [-0.3, -0.25) is 0 Å². The average Bonchev–Trinajstić information content (AvgIpc) is 2.37. The van der Waals surface area contributed by atoms with Crippen LogP contribution in [0.1, 0.15) is 31.4 Å². The van der Waals surface area contributed by atoms with Crippen molar-refractivity contribution in [3.8, 4) is 5.75 Å². The molecule has 1 nitrogen and oxygen atoms in total. The monoisotopic (exact) mass is 284 g/mol. The maximum absolute atomic E-state index is 12.9. The molecule has 0 aliphatic rings. The van der Waals surface area contributed by atoms with Crippen molar-refractivity contribution in [1.29, 1.82) is 0 Å². The molecule has 0 aromatic heterocycles. The Kier molecular flexibility index (Phi) is 5.86. The highest BCUT2D eigenvalue weighted by Gasteiger charge is 2.34. The van der Waals surface area contributed by atoms with Crippen molar-refractivity contribution < 1.29 is 17.9 Å². The number of rotatable bonds is 5. The van der Waals surface area contributed by atoms with Crippen LogP contribution in [0.3, 0.4) is 0 Å². The highest BCUT2D eigenvalue weighted by molar-refractivity contribution is 5.39. The number of benzene rings is 1. The number of alkyl halides is 3. The van der Waals surface area contributed by atoms with Gasteiger partial charge in [-0.1, -0.05) is 31.2 Å². The van der Waals surface area contributed by atoms with E-state index < -0.39 is 11.7 Å². The molecule has 0 bridgehead atoms. The van der Waals surface area contributed by atoms with Gasteiger partial charge >= 0.3 is 6.18 Å². The molecule has 0 atom stereocenters. The molecule has 20 heavy (non-hydrogen) atoms. The van der Waals surface area contributed by atoms with Crippen molar-refractivity contribution in [2.75, 3.05) is 6.61 Å². The Balaban J connectivity index is 2.92. The van der Waals surface area contributed by atoms with E-state index in [2.05, 4.69) is 0 Å². The highest BCUT2D eigenvalue weighted by atomic mass is 19.4. The summed E-state index contributed by atoms with van der Waals surface area (Å²) >= 11 is 0. The number of hydrogen-bond donors (Lipinski definition) is 0. The van der Waals surface area contributed by atoms with E-state index in [9.17, 15) is 13.2 Å². The van der Waals surface area contributed by atoms with E-state index in [1.165, 1.54) is 12.1 Å². The van der Waals surface area contributed by atoms with E-state index in [-0.39, 0.29) is 12.4 Å². The standard InChI is InChI=1S/C16H19F3O/c1-4-6-7-13(5-2)11-20-15-10-12(3)8-9-14(15)16(17,18)19/h5-10H,4,11H2,1-3H3/b7-6-,13-5+. The van der Waals surface area contributed by atoms with Crippen LogP contribution in [0.15, 0.2) is 42.0 Å². The Bertz CT molecular complexity index is 499. The largest absolute Gasteiger partial charge is 0.488 e. The number of allylic oxidation sites excluding steroid dienone is 2. The first-order valence-corrected chi connectivity index (χ1v) is 6.50. The minimum atomic E-state index is -4.40. The van der Waals surface area contributed by atoms with Crippen molar-refractivity contribution in [3.63, 3.8) is 0 Å². The van der Waals surface area contributed by atoms with E-state index in [4.69, 9.17) is 4.74 Å². The lowest BCUT2D eigenvalue weighted by Crippen LogP contribution is -2.10. The van der Waals surface area contributed by atoms with Crippen LogP contribution in [-0.2, 0) is 6.18 Å². The molecule has 0 aliphatic carbocycles. The molecular formula is C16H19F3O. The molecule has 1 aromatic rings. The summed E-state index contributed by atoms with van der Waals surface area (Å²) in [4.78, 5) is 0. The quantitative estimate of drug-likeness (QED) is 0.666. The zero-order chi connectivity index (χ0) is 15.2. The molecule has 0 radical (unpaired) electrons. The fourth-order valence-electron chi connectivity index (χ4n) is 1.64. The summed E-state index contributed by atoms with van der Waals surface area (Å²) in [6.45, 7) is 5.69. The maximum Gasteiger partial charge on any atom is 0.419 e. The second-order valence-electron chi connectivity index (χ2n) is 4.46. The Labute approximate surface area is 117 Å². The van der Waals surface area contributed by atoms with Gasteiger partial charge in [0.05, 0.1) is 5.56 Å². The van der Waals surface area contributed by atoms with Gasteiger partial charge in [0.15, 0.2) is 0 Å². The zero-order valence-corrected chi connectivity index (χ0v) is 11.9. The Hall–Kier alpha value is -1.71. The summed E-state index contributed by atoms with van der Waals surface area (Å²) in [5.74, 6) is -0.123. The molecule has 0 N–H and O–H groups in total. The lowest BCUT2D eigenvalue weighted by Gasteiger charge is -2.15. The molecule has 0 saturated heterocycles. The van der Waals surface area contributed by atoms with Crippen molar-refractivity contribution in [2.45, 2.75) is 33.4 Å². The van der Waals surface area contributed by atoms with Gasteiger partial charge in [-0.15, -0.1) is 0 Å². The summed E-state index contributed by atoms with van der Waals surface area (Å²) in [6.07, 6.45) is 2.10. The molecule has 0 spiro atoms. The smallest absolute Gasteiger partial charge is 0.419 e. The fourth-order valence-corrected chi connectivity index (χ4v) is 1.64. The van der Waals surface area contributed by atoms with Crippen LogP contribution in [0, 0.1) is 6.92 Å². The molecule has 1 aromatic carbocycles. The van der Waals surface area contributed by atoms with Gasteiger partial charge in [-0.25, -0.2) is 0 Å². The first-order chi connectivity index (χ1) is 9.38. The topological polar surface area (TPSA) is 9.23 Å². The molecule has 4 heteroatoms. The van der Waals surface area contributed by atoms with Crippen LogP contribution in [0.25, 0.3) is 0 Å². The van der Waals surface area contributed by atoms with Gasteiger partial charge in [-0.05, 0) is 43.5 Å². The predicted molar refractivity (Wildman–Crippen MR) is 74.9 cm³/mol. The number of hydrogen-bond acceptors (Lipinski definition) is 1. The third-order valence-electron chi connectivity index (χ3n) is 2.78. The van der Waals surface area contributed by atoms with Crippen LogP contribution in [0.2, 0.25) is 0 Å². The zero-order valence-electron chi connectivity index (χ0n) is 11.9. The summed E-state index contributed by atoms with van der Waals surface area (Å²) in [5, 5.41) is 0. The number of aryl methyl sites for hydroxylation is 1. The minimum absolute atomic E-state index is 0.123. The molecular weight excluding hydrogens is 265 g/mol. The van der Waals surface area contributed by atoms with E-state index >= 15 is 0 Å². The van der Waals surface area contributed by atoms with Crippen LogP contribution < -0.4 is 4.74 Å². The van der Waals surface area contributed by atoms with Crippen molar-refractivity contribution in [3.05, 3.63) is 53.1 Å². The third-order valence-corrected chi connectivity index (χ3v) is 2.78. The molecule has 0 unspecified atom stereocenters. The molecule has 0 aliphatic heterocycles. The second kappa shape index (κ2) is 7.17. The summed E-state index contributed by atoms with van der Waals surface area (Å²) < 4.78 is 44.0. The summed E-state index contributed by atoms with van der Waals surface area (Å²) in [6, 6.07) is 3.91. The fraction of sp³-hybridized carbons (Fsp3) is 0.375. The SMILES string of the molecule is C/C=C(\C=C/CC)COc1cc(C)ccc1C(F)(F)F. The van der Waals surface area contributed by atoms with Crippen LogP contribution in [0.5, 0.6) is 5.75 Å². The second-order valence-corrected chi connectivity index (χ2v) is 4.46. The van der Waals surface area contributed by atoms with E-state index in [1.54, 1.807) is 6.92 Å². The molecule has 0 heterocycles. The number of halogens is 3. The van der Waals surface area contributed by atoms with Gasteiger partial charge in [0.25, 0.3) is 0 Å². The Morgan fingerprint density at radius 3 is 2.55 bits per heavy atom. The highest BCUT2D eigenvalue weighted by Crippen LogP contribution is 2.36. The average molecular weight is 284 g/mol. The normalized spacial score (nSPS) is 13.0. The summed E-state index contributed by atoms with van der Waals surface area (Å²) in [5.41, 5.74) is 0.846. The first kappa shape index (κ1) is 16.3. The lowest BCUT2D eigenvalue weighted by atomic mass is 10.1. The van der Waals surface area contributed by atoms with Gasteiger partial charge in [-0.2, -0.15) is 13.2 Å². The van der Waals surface area contributed by atoms with Crippen molar-refractivity contribution >= 4 is 0 Å².